The summed E-state index contributed by atoms with van der Waals surface area (Å²) in [7, 11) is 0. The summed E-state index contributed by atoms with van der Waals surface area (Å²) >= 11 is 1.34. The number of rotatable bonds is 7. The van der Waals surface area contributed by atoms with Crippen molar-refractivity contribution in [2.24, 2.45) is 4.99 Å². The van der Waals surface area contributed by atoms with Gasteiger partial charge in [-0.2, -0.15) is 4.39 Å². The van der Waals surface area contributed by atoms with Gasteiger partial charge in [-0.3, -0.25) is 9.79 Å². The Morgan fingerprint density at radius 2 is 2.07 bits per heavy atom. The lowest BCUT2D eigenvalue weighted by Crippen LogP contribution is -2.15. The van der Waals surface area contributed by atoms with Crippen LogP contribution >= 0.6 is 11.8 Å². The molecule has 0 radical (unpaired) electrons. The third kappa shape index (κ3) is 4.82. The molecule has 3 rings (SSSR count). The van der Waals surface area contributed by atoms with Gasteiger partial charge in [0.15, 0.2) is 5.16 Å². The lowest BCUT2D eigenvalue weighted by atomic mass is 10.1. The van der Waals surface area contributed by atoms with Crippen LogP contribution in [0.15, 0.2) is 46.6 Å². The summed E-state index contributed by atoms with van der Waals surface area (Å²) in [6.07, 6.45) is 4.07. The van der Waals surface area contributed by atoms with E-state index in [0.717, 1.165) is 17.9 Å². The van der Waals surface area contributed by atoms with Crippen LogP contribution in [0.5, 0.6) is 0 Å². The number of thioether (sulfide) groups is 1. The van der Waals surface area contributed by atoms with Gasteiger partial charge in [0.05, 0.1) is 18.2 Å². The second-order valence-corrected chi connectivity index (χ2v) is 7.04. The number of benzene rings is 1. The number of anilines is 1. The monoisotopic (exact) mass is 387 g/mol. The van der Waals surface area contributed by atoms with Gasteiger partial charge >= 0.3 is 0 Å². The lowest BCUT2D eigenvalue weighted by molar-refractivity contribution is -0.113. The third-order valence-corrected chi connectivity index (χ3v) is 5.24. The summed E-state index contributed by atoms with van der Waals surface area (Å²) in [6.45, 7) is 5.07. The fourth-order valence-electron chi connectivity index (χ4n) is 2.79. The Balaban J connectivity index is 1.60. The minimum atomic E-state index is -0.466. The maximum Gasteiger partial charge on any atom is 0.234 e. The molecule has 1 atom stereocenters. The van der Waals surface area contributed by atoms with Crippen molar-refractivity contribution in [2.45, 2.75) is 37.9 Å². The minimum Gasteiger partial charge on any atom is -0.325 e. The van der Waals surface area contributed by atoms with E-state index in [1.54, 1.807) is 6.08 Å². The first kappa shape index (κ1) is 19.3. The van der Waals surface area contributed by atoms with Crippen molar-refractivity contribution < 1.29 is 9.18 Å². The largest absolute Gasteiger partial charge is 0.325 e. The maximum absolute atomic E-state index is 13.1. The van der Waals surface area contributed by atoms with Crippen LogP contribution in [0.1, 0.15) is 31.2 Å². The average molecular weight is 387 g/mol. The fraction of sp³-hybridized carbons (Fsp3) is 0.368. The second kappa shape index (κ2) is 8.94. The quantitative estimate of drug-likeness (QED) is 0.737. The number of carbonyl (C=O) groups excluding carboxylic acids is 1. The molecule has 1 N–H and O–H groups in total. The van der Waals surface area contributed by atoms with Gasteiger partial charge in [0.1, 0.15) is 5.82 Å². The molecule has 0 aliphatic carbocycles. The maximum atomic E-state index is 13.1. The number of aromatic nitrogens is 3. The van der Waals surface area contributed by atoms with Gasteiger partial charge in [0.2, 0.25) is 11.9 Å². The van der Waals surface area contributed by atoms with E-state index in [4.69, 9.17) is 0 Å². The van der Waals surface area contributed by atoms with Crippen molar-refractivity contribution in [3.05, 3.63) is 47.8 Å². The highest BCUT2D eigenvalue weighted by molar-refractivity contribution is 7.99. The van der Waals surface area contributed by atoms with Gasteiger partial charge in [-0.15, -0.1) is 10.2 Å². The molecule has 1 aliphatic heterocycles. The molecule has 0 saturated carbocycles. The van der Waals surface area contributed by atoms with Gasteiger partial charge < -0.3 is 9.88 Å². The molecule has 1 amide bonds. The smallest absolute Gasteiger partial charge is 0.234 e. The SMILES string of the molecule is CCc1ccc(NC(=O)CSc2nnc(C3C=CC(F)=NC3)n2CC)cc1. The fourth-order valence-corrected chi connectivity index (χ4v) is 3.60. The molecule has 8 heteroatoms. The van der Waals surface area contributed by atoms with Crippen LogP contribution in [0, 0.1) is 0 Å². The first-order valence-electron chi connectivity index (χ1n) is 8.93. The van der Waals surface area contributed by atoms with Gasteiger partial charge in [-0.25, -0.2) is 0 Å². The molecular weight excluding hydrogens is 365 g/mol. The molecule has 1 aromatic carbocycles. The number of nitrogens with zero attached hydrogens (tertiary/aromatic N) is 4. The summed E-state index contributed by atoms with van der Waals surface area (Å²) < 4.78 is 15.0. The van der Waals surface area contributed by atoms with Crippen molar-refractivity contribution in [3.63, 3.8) is 0 Å². The van der Waals surface area contributed by atoms with Crippen LogP contribution < -0.4 is 5.32 Å². The van der Waals surface area contributed by atoms with Crippen molar-refractivity contribution in [3.8, 4) is 0 Å². The molecule has 1 aliphatic rings. The van der Waals surface area contributed by atoms with Crippen molar-refractivity contribution >= 4 is 29.3 Å². The molecule has 0 fully saturated rings. The number of nitrogens with one attached hydrogen (secondary N) is 1. The lowest BCUT2D eigenvalue weighted by Gasteiger charge is -2.14. The highest BCUT2D eigenvalue weighted by Crippen LogP contribution is 2.24. The Hall–Kier alpha value is -2.48. The zero-order valence-corrected chi connectivity index (χ0v) is 16.2. The normalized spacial score (nSPS) is 16.3. The number of carbonyl (C=O) groups is 1. The number of hydrogen-bond donors (Lipinski definition) is 1. The molecule has 0 spiro atoms. The van der Waals surface area contributed by atoms with Crippen LogP contribution in [0.2, 0.25) is 0 Å². The molecule has 0 saturated heterocycles. The molecule has 142 valence electrons. The Morgan fingerprint density at radius 3 is 2.70 bits per heavy atom. The Kier molecular flexibility index (Phi) is 6.39. The zero-order chi connectivity index (χ0) is 19.2. The highest BCUT2D eigenvalue weighted by atomic mass is 32.2. The number of aryl methyl sites for hydroxylation is 1. The Bertz CT molecular complexity index is 859. The van der Waals surface area contributed by atoms with E-state index in [1.807, 2.05) is 35.8 Å². The van der Waals surface area contributed by atoms with E-state index in [-0.39, 0.29) is 17.6 Å². The number of dihydropyridines is 1. The van der Waals surface area contributed by atoms with E-state index in [2.05, 4.69) is 27.4 Å². The predicted molar refractivity (Wildman–Crippen MR) is 106 cm³/mol. The molecule has 2 aromatic rings. The van der Waals surface area contributed by atoms with Gasteiger partial charge in [0, 0.05) is 12.2 Å². The molecule has 6 nitrogen and oxygen atoms in total. The first-order valence-corrected chi connectivity index (χ1v) is 9.92. The van der Waals surface area contributed by atoms with Gasteiger partial charge in [-0.1, -0.05) is 36.9 Å². The van der Waals surface area contributed by atoms with E-state index in [9.17, 15) is 9.18 Å². The number of allylic oxidation sites excluding steroid dienone is 1. The van der Waals surface area contributed by atoms with Crippen molar-refractivity contribution in [1.29, 1.82) is 0 Å². The van der Waals surface area contributed by atoms with E-state index in [1.165, 1.54) is 23.4 Å². The third-order valence-electron chi connectivity index (χ3n) is 4.28. The summed E-state index contributed by atoms with van der Waals surface area (Å²) in [6, 6.07) is 7.82. The zero-order valence-electron chi connectivity index (χ0n) is 15.4. The number of halogens is 1. The summed E-state index contributed by atoms with van der Waals surface area (Å²) in [5.74, 6) is 0.314. The molecule has 2 heterocycles. The van der Waals surface area contributed by atoms with E-state index < -0.39 is 5.97 Å². The molecule has 0 bridgehead atoms. The minimum absolute atomic E-state index is 0.0966. The van der Waals surface area contributed by atoms with Crippen molar-refractivity contribution in [1.82, 2.24) is 14.8 Å². The van der Waals surface area contributed by atoms with Crippen LogP contribution in [0.3, 0.4) is 0 Å². The summed E-state index contributed by atoms with van der Waals surface area (Å²) in [5, 5.41) is 12.0. The van der Waals surface area contributed by atoms with Crippen LogP contribution in [-0.2, 0) is 17.8 Å². The van der Waals surface area contributed by atoms with Gasteiger partial charge in [0.25, 0.3) is 0 Å². The summed E-state index contributed by atoms with van der Waals surface area (Å²) in [4.78, 5) is 16.0. The van der Waals surface area contributed by atoms with Crippen molar-refractivity contribution in [2.75, 3.05) is 17.6 Å². The summed E-state index contributed by atoms with van der Waals surface area (Å²) in [5.41, 5.74) is 2.01. The number of aliphatic imine (C=N–C) groups is 1. The van der Waals surface area contributed by atoms with Crippen LogP contribution in [-0.4, -0.2) is 38.9 Å². The second-order valence-electron chi connectivity index (χ2n) is 6.10. The standard InChI is InChI=1S/C19H22FN5OS/c1-3-13-5-8-15(9-6-13)22-17(26)12-27-19-24-23-18(25(19)4-2)14-7-10-16(20)21-11-14/h5-10,14H,3-4,11-12H2,1-2H3,(H,22,26). The molecule has 1 aromatic heterocycles. The van der Waals surface area contributed by atoms with Crippen LogP contribution in [0.25, 0.3) is 0 Å². The highest BCUT2D eigenvalue weighted by Gasteiger charge is 2.21. The number of amides is 1. The average Bonchev–Trinajstić information content (AvgIpc) is 3.10. The number of hydrogen-bond acceptors (Lipinski definition) is 5. The van der Waals surface area contributed by atoms with Gasteiger partial charge in [-0.05, 0) is 37.1 Å². The first-order chi connectivity index (χ1) is 13.1. The molecule has 1 unspecified atom stereocenters. The molecular formula is C19H22FN5OS. The topological polar surface area (TPSA) is 72.2 Å². The van der Waals surface area contributed by atoms with E-state index in [0.29, 0.717) is 18.2 Å². The predicted octanol–water partition coefficient (Wildman–Crippen LogP) is 3.61. The Morgan fingerprint density at radius 1 is 1.30 bits per heavy atom. The molecule has 27 heavy (non-hydrogen) atoms. The van der Waals surface area contributed by atoms with E-state index >= 15 is 0 Å². The van der Waals surface area contributed by atoms with Crippen LogP contribution in [0.4, 0.5) is 10.1 Å². The Labute approximate surface area is 162 Å².